The number of halogens is 2. The van der Waals surface area contributed by atoms with Crippen LogP contribution in [0.3, 0.4) is 0 Å². The minimum absolute atomic E-state index is 0.139. The van der Waals surface area contributed by atoms with Gasteiger partial charge in [0.2, 0.25) is 0 Å². The van der Waals surface area contributed by atoms with Gasteiger partial charge in [0.05, 0.1) is 6.67 Å². The quantitative estimate of drug-likeness (QED) is 0.728. The summed E-state index contributed by atoms with van der Waals surface area (Å²) in [6.07, 6.45) is 1.98. The van der Waals surface area contributed by atoms with E-state index in [1.165, 1.54) is 0 Å². The summed E-state index contributed by atoms with van der Waals surface area (Å²) in [7, 11) is 0. The first-order chi connectivity index (χ1) is 5.78. The minimum atomic E-state index is -0.227. The van der Waals surface area contributed by atoms with Crippen LogP contribution in [0.25, 0.3) is 0 Å². The maximum absolute atomic E-state index is 12.7. The molecule has 1 fully saturated rings. The van der Waals surface area contributed by atoms with Gasteiger partial charge in [0.15, 0.2) is 0 Å². The van der Waals surface area contributed by atoms with Gasteiger partial charge in [0.25, 0.3) is 0 Å². The molecule has 0 spiro atoms. The minimum Gasteiger partial charge on any atom is -0.250 e. The van der Waals surface area contributed by atoms with E-state index in [0.29, 0.717) is 0 Å². The van der Waals surface area contributed by atoms with Crippen molar-refractivity contribution in [2.24, 2.45) is 0 Å². The van der Waals surface area contributed by atoms with Crippen molar-refractivity contribution in [3.05, 3.63) is 34.3 Å². The number of rotatable bonds is 2. The molecule has 12 heavy (non-hydrogen) atoms. The Morgan fingerprint density at radius 3 is 2.50 bits per heavy atom. The fourth-order valence-corrected chi connectivity index (χ4v) is 2.22. The van der Waals surface area contributed by atoms with Gasteiger partial charge in [-0.25, -0.2) is 0 Å². The van der Waals surface area contributed by atoms with Crippen LogP contribution < -0.4 is 0 Å². The first-order valence-corrected chi connectivity index (χ1v) is 4.89. The molecule has 0 amide bonds. The maximum Gasteiger partial charge on any atom is 0.0991 e. The Kier molecular flexibility index (Phi) is 1.95. The van der Waals surface area contributed by atoms with Gasteiger partial charge in [-0.1, -0.05) is 34.1 Å². The fraction of sp³-hybridized carbons (Fsp3) is 0.400. The summed E-state index contributed by atoms with van der Waals surface area (Å²) in [5, 5.41) is 0. The molecule has 0 atom stereocenters. The highest BCUT2D eigenvalue weighted by Crippen LogP contribution is 2.50. The Bertz CT molecular complexity index is 292. The van der Waals surface area contributed by atoms with E-state index < -0.39 is 0 Å². The van der Waals surface area contributed by atoms with Crippen molar-refractivity contribution in [1.29, 1.82) is 0 Å². The highest BCUT2D eigenvalue weighted by atomic mass is 79.9. The predicted molar refractivity (Wildman–Crippen MR) is 51.0 cm³/mol. The number of hydrogen-bond donors (Lipinski definition) is 0. The molecule has 1 aliphatic rings. The van der Waals surface area contributed by atoms with E-state index in [9.17, 15) is 4.39 Å². The van der Waals surface area contributed by atoms with Gasteiger partial charge < -0.3 is 0 Å². The van der Waals surface area contributed by atoms with Gasteiger partial charge in [-0.05, 0) is 24.5 Å². The van der Waals surface area contributed by atoms with Crippen LogP contribution in [-0.4, -0.2) is 6.67 Å². The molecular weight excluding hydrogens is 219 g/mol. The summed E-state index contributed by atoms with van der Waals surface area (Å²) in [4.78, 5) is 0. The molecular formula is C10H10BrF. The van der Waals surface area contributed by atoms with Crippen LogP contribution in [0.4, 0.5) is 4.39 Å². The van der Waals surface area contributed by atoms with Crippen LogP contribution in [0.5, 0.6) is 0 Å². The predicted octanol–water partition coefficient (Wildman–Crippen LogP) is 3.45. The molecule has 0 nitrogen and oxygen atoms in total. The lowest BCUT2D eigenvalue weighted by Crippen LogP contribution is -2.09. The standard InChI is InChI=1S/C10H10BrF/c11-9-4-2-1-3-8(9)10(7-12)5-6-10/h1-4H,5-7H2. The lowest BCUT2D eigenvalue weighted by molar-refractivity contribution is 0.417. The van der Waals surface area contributed by atoms with E-state index >= 15 is 0 Å². The molecule has 2 heteroatoms. The summed E-state index contributed by atoms with van der Waals surface area (Å²) in [6.45, 7) is -0.227. The lowest BCUT2D eigenvalue weighted by atomic mass is 9.98. The third kappa shape index (κ3) is 1.18. The average Bonchev–Trinajstić information content (AvgIpc) is 2.86. The number of hydrogen-bond acceptors (Lipinski definition) is 0. The zero-order valence-corrected chi connectivity index (χ0v) is 8.27. The van der Waals surface area contributed by atoms with Crippen LogP contribution >= 0.6 is 15.9 Å². The molecule has 2 rings (SSSR count). The van der Waals surface area contributed by atoms with Gasteiger partial charge >= 0.3 is 0 Å². The second kappa shape index (κ2) is 2.84. The Labute approximate surface area is 79.9 Å². The second-order valence-corrected chi connectivity index (χ2v) is 4.25. The lowest BCUT2D eigenvalue weighted by Gasteiger charge is -2.12. The molecule has 0 N–H and O–H groups in total. The smallest absolute Gasteiger partial charge is 0.0991 e. The van der Waals surface area contributed by atoms with Crippen LogP contribution in [0.2, 0.25) is 0 Å². The SMILES string of the molecule is FCC1(c2ccccc2Br)CC1. The van der Waals surface area contributed by atoms with Gasteiger partial charge in [0.1, 0.15) is 0 Å². The summed E-state index contributed by atoms with van der Waals surface area (Å²) >= 11 is 3.45. The van der Waals surface area contributed by atoms with Crippen LogP contribution in [-0.2, 0) is 5.41 Å². The molecule has 1 aromatic carbocycles. The Morgan fingerprint density at radius 2 is 2.00 bits per heavy atom. The zero-order chi connectivity index (χ0) is 8.60. The van der Waals surface area contributed by atoms with E-state index in [0.717, 1.165) is 22.9 Å². The number of benzene rings is 1. The van der Waals surface area contributed by atoms with Crippen molar-refractivity contribution >= 4 is 15.9 Å². The summed E-state index contributed by atoms with van der Waals surface area (Å²) in [5.41, 5.74) is 0.993. The fourth-order valence-electron chi connectivity index (χ4n) is 1.52. The number of alkyl halides is 1. The maximum atomic E-state index is 12.7. The van der Waals surface area contributed by atoms with Crippen LogP contribution in [0, 0.1) is 0 Å². The van der Waals surface area contributed by atoms with Crippen LogP contribution in [0.1, 0.15) is 18.4 Å². The molecule has 1 aromatic rings. The van der Waals surface area contributed by atoms with Crippen molar-refractivity contribution < 1.29 is 4.39 Å². The van der Waals surface area contributed by atoms with Crippen molar-refractivity contribution in [3.8, 4) is 0 Å². The first-order valence-electron chi connectivity index (χ1n) is 4.09. The zero-order valence-electron chi connectivity index (χ0n) is 6.69. The van der Waals surface area contributed by atoms with Crippen molar-refractivity contribution in [2.45, 2.75) is 18.3 Å². The largest absolute Gasteiger partial charge is 0.250 e. The first kappa shape index (κ1) is 8.24. The molecule has 1 aliphatic carbocycles. The van der Waals surface area contributed by atoms with E-state index in [2.05, 4.69) is 15.9 Å². The molecule has 0 aliphatic heterocycles. The molecule has 0 saturated heterocycles. The van der Waals surface area contributed by atoms with E-state index in [1.54, 1.807) is 0 Å². The highest BCUT2D eigenvalue weighted by molar-refractivity contribution is 9.10. The molecule has 0 radical (unpaired) electrons. The van der Waals surface area contributed by atoms with E-state index in [1.807, 2.05) is 24.3 Å². The van der Waals surface area contributed by atoms with Gasteiger partial charge in [-0.3, -0.25) is 4.39 Å². The van der Waals surface area contributed by atoms with Crippen molar-refractivity contribution in [2.75, 3.05) is 6.67 Å². The van der Waals surface area contributed by atoms with Crippen LogP contribution in [0.15, 0.2) is 28.7 Å². The molecule has 0 bridgehead atoms. The van der Waals surface area contributed by atoms with Crippen molar-refractivity contribution in [1.82, 2.24) is 0 Å². The van der Waals surface area contributed by atoms with E-state index in [-0.39, 0.29) is 12.1 Å². The molecule has 0 heterocycles. The molecule has 1 saturated carbocycles. The van der Waals surface area contributed by atoms with Gasteiger partial charge in [-0.15, -0.1) is 0 Å². The normalized spacial score (nSPS) is 19.2. The Balaban J connectivity index is 2.40. The van der Waals surface area contributed by atoms with Gasteiger partial charge in [0, 0.05) is 9.89 Å². The Morgan fingerprint density at radius 1 is 1.33 bits per heavy atom. The second-order valence-electron chi connectivity index (χ2n) is 3.39. The summed E-state index contributed by atoms with van der Waals surface area (Å²) in [5.74, 6) is 0. The third-order valence-electron chi connectivity index (χ3n) is 2.55. The monoisotopic (exact) mass is 228 g/mol. The summed E-state index contributed by atoms with van der Waals surface area (Å²) < 4.78 is 13.7. The Hall–Kier alpha value is -0.370. The highest BCUT2D eigenvalue weighted by Gasteiger charge is 2.45. The third-order valence-corrected chi connectivity index (χ3v) is 3.25. The molecule has 0 unspecified atom stereocenters. The molecule has 64 valence electrons. The van der Waals surface area contributed by atoms with Gasteiger partial charge in [-0.2, -0.15) is 0 Å². The topological polar surface area (TPSA) is 0 Å². The summed E-state index contributed by atoms with van der Waals surface area (Å²) in [6, 6.07) is 7.92. The van der Waals surface area contributed by atoms with Crippen molar-refractivity contribution in [3.63, 3.8) is 0 Å². The van der Waals surface area contributed by atoms with E-state index in [4.69, 9.17) is 0 Å². The molecule has 0 aromatic heterocycles. The average molecular weight is 229 g/mol.